The summed E-state index contributed by atoms with van der Waals surface area (Å²) in [5, 5.41) is 4.17. The van der Waals surface area contributed by atoms with Gasteiger partial charge in [0, 0.05) is 37.1 Å². The van der Waals surface area contributed by atoms with Crippen molar-refractivity contribution in [3.63, 3.8) is 0 Å². The minimum atomic E-state index is -0.134. The number of piperazine rings is 1. The Bertz CT molecular complexity index is 1570. The van der Waals surface area contributed by atoms with Crippen molar-refractivity contribution in [2.75, 3.05) is 51.0 Å². The highest BCUT2D eigenvalue weighted by molar-refractivity contribution is 6.00. The number of aromatic nitrogens is 2. The molecule has 1 atom stereocenters. The van der Waals surface area contributed by atoms with E-state index in [0.717, 1.165) is 79.3 Å². The van der Waals surface area contributed by atoms with Crippen molar-refractivity contribution in [2.45, 2.75) is 31.9 Å². The molecule has 1 fully saturated rings. The summed E-state index contributed by atoms with van der Waals surface area (Å²) in [6.45, 7) is 4.10. The van der Waals surface area contributed by atoms with E-state index < -0.39 is 0 Å². The lowest BCUT2D eigenvalue weighted by Gasteiger charge is -2.33. The fourth-order valence-electron chi connectivity index (χ4n) is 5.72. The molecular weight excluding hydrogens is 516 g/mol. The number of hydrogen-bond donors (Lipinski definition) is 2. The van der Waals surface area contributed by atoms with E-state index >= 15 is 0 Å². The van der Waals surface area contributed by atoms with E-state index in [0.29, 0.717) is 17.7 Å². The minimum absolute atomic E-state index is 0.0984. The number of nitrogens with one attached hydrogen (secondary N) is 1. The highest BCUT2D eigenvalue weighted by atomic mass is 16.5. The molecule has 3 N–H and O–H groups in total. The fraction of sp³-hybridized carbons (Fsp3) is 0.344. The number of likely N-dealkylation sites (N-methyl/N-ethyl adjacent to an activating group) is 1. The molecule has 0 spiro atoms. The second-order valence-electron chi connectivity index (χ2n) is 10.8. The van der Waals surface area contributed by atoms with Crippen molar-refractivity contribution >= 4 is 28.6 Å². The first kappa shape index (κ1) is 26.8. The fourth-order valence-corrected chi connectivity index (χ4v) is 5.72. The average molecular weight is 553 g/mol. The summed E-state index contributed by atoms with van der Waals surface area (Å²) in [5.74, 6) is 2.49. The van der Waals surface area contributed by atoms with Gasteiger partial charge in [-0.25, -0.2) is 4.98 Å². The molecule has 1 saturated heterocycles. The second-order valence-corrected chi connectivity index (χ2v) is 10.8. The minimum Gasteiger partial charge on any atom is -0.497 e. The average Bonchev–Trinajstić information content (AvgIpc) is 3.00. The molecule has 1 unspecified atom stereocenters. The zero-order valence-electron chi connectivity index (χ0n) is 23.6. The third-order valence-electron chi connectivity index (χ3n) is 8.04. The number of nitrogen functional groups attached to an aromatic ring is 1. The van der Waals surface area contributed by atoms with Crippen LogP contribution < -0.4 is 25.4 Å². The van der Waals surface area contributed by atoms with Gasteiger partial charge in [0.1, 0.15) is 23.9 Å². The summed E-state index contributed by atoms with van der Waals surface area (Å²) in [6, 6.07) is 19.6. The Balaban J connectivity index is 1.19. The van der Waals surface area contributed by atoms with Gasteiger partial charge in [0.05, 0.1) is 18.7 Å². The molecule has 1 aliphatic heterocycles. The van der Waals surface area contributed by atoms with Crippen LogP contribution in [0.4, 0.5) is 11.8 Å². The summed E-state index contributed by atoms with van der Waals surface area (Å²) in [5.41, 5.74) is 10.7. The van der Waals surface area contributed by atoms with Crippen molar-refractivity contribution in [3.8, 4) is 11.5 Å². The number of methoxy groups -OCH3 is 1. The largest absolute Gasteiger partial charge is 0.497 e. The predicted molar refractivity (Wildman–Crippen MR) is 161 cm³/mol. The summed E-state index contributed by atoms with van der Waals surface area (Å²) in [7, 11) is 3.78. The maximum absolute atomic E-state index is 13.5. The molecule has 3 aromatic carbocycles. The van der Waals surface area contributed by atoms with Crippen molar-refractivity contribution < 1.29 is 14.3 Å². The monoisotopic (exact) mass is 552 g/mol. The number of rotatable bonds is 7. The van der Waals surface area contributed by atoms with Crippen molar-refractivity contribution in [2.24, 2.45) is 0 Å². The van der Waals surface area contributed by atoms with Crippen LogP contribution in [-0.2, 0) is 13.0 Å². The standard InChI is InChI=1S/C32H36N6O3/c1-37-13-15-38(16-14-37)30-26-12-10-23(18-29(26)35-32(33)36-30)31(39)34-28-8-4-6-22-9-11-25(19-27(22)28)41-20-21-5-3-7-24(17-21)40-2/h3,5,7,9-12,17-19,28H,4,6,8,13-16,20H2,1-2H3,(H,34,39)(H2,33,35,36). The topological polar surface area (TPSA) is 106 Å². The molecule has 0 bridgehead atoms. The first-order valence-electron chi connectivity index (χ1n) is 14.2. The molecular formula is C32H36N6O3. The molecule has 6 rings (SSSR count). The van der Waals surface area contributed by atoms with Gasteiger partial charge in [-0.3, -0.25) is 4.79 Å². The van der Waals surface area contributed by atoms with E-state index in [9.17, 15) is 4.79 Å². The van der Waals surface area contributed by atoms with Gasteiger partial charge in [-0.05, 0) is 85.5 Å². The Morgan fingerprint density at radius 2 is 1.88 bits per heavy atom. The summed E-state index contributed by atoms with van der Waals surface area (Å²) >= 11 is 0. The van der Waals surface area contributed by atoms with E-state index in [2.05, 4.69) is 44.3 Å². The Kier molecular flexibility index (Phi) is 7.61. The van der Waals surface area contributed by atoms with Gasteiger partial charge >= 0.3 is 0 Å². The van der Waals surface area contributed by atoms with Gasteiger partial charge in [0.2, 0.25) is 5.95 Å². The molecule has 2 heterocycles. The molecule has 0 radical (unpaired) electrons. The Hall–Kier alpha value is -4.37. The van der Waals surface area contributed by atoms with Gasteiger partial charge in [-0.15, -0.1) is 0 Å². The van der Waals surface area contributed by atoms with Gasteiger partial charge in [0.15, 0.2) is 0 Å². The van der Waals surface area contributed by atoms with Gasteiger partial charge in [-0.1, -0.05) is 18.2 Å². The number of nitrogens with zero attached hydrogens (tertiary/aromatic N) is 4. The number of carbonyl (C=O) groups excluding carboxylic acids is 1. The number of carbonyl (C=O) groups is 1. The number of nitrogens with two attached hydrogens (primary N) is 1. The first-order chi connectivity index (χ1) is 20.0. The van der Waals surface area contributed by atoms with Crippen LogP contribution in [0.5, 0.6) is 11.5 Å². The molecule has 1 aliphatic carbocycles. The number of benzene rings is 3. The summed E-state index contributed by atoms with van der Waals surface area (Å²) < 4.78 is 11.4. The lowest BCUT2D eigenvalue weighted by Crippen LogP contribution is -2.45. The van der Waals surface area contributed by atoms with Crippen LogP contribution in [0.1, 0.15) is 45.9 Å². The molecule has 41 heavy (non-hydrogen) atoms. The van der Waals surface area contributed by atoms with Gasteiger partial charge in [0.25, 0.3) is 5.91 Å². The van der Waals surface area contributed by atoms with Crippen LogP contribution in [0.25, 0.3) is 10.9 Å². The molecule has 212 valence electrons. The zero-order valence-corrected chi connectivity index (χ0v) is 23.6. The van der Waals surface area contributed by atoms with Crippen LogP contribution in [0, 0.1) is 0 Å². The Morgan fingerprint density at radius 3 is 2.71 bits per heavy atom. The maximum atomic E-state index is 13.5. The summed E-state index contributed by atoms with van der Waals surface area (Å²) in [6.07, 6.45) is 2.87. The quantitative estimate of drug-likeness (QED) is 0.349. The molecule has 0 saturated carbocycles. The van der Waals surface area contributed by atoms with E-state index in [1.807, 2.05) is 48.5 Å². The van der Waals surface area contributed by atoms with E-state index in [1.54, 1.807) is 7.11 Å². The van der Waals surface area contributed by atoms with Gasteiger partial charge in [-0.2, -0.15) is 4.98 Å². The maximum Gasteiger partial charge on any atom is 0.251 e. The lowest BCUT2D eigenvalue weighted by molar-refractivity contribution is 0.0932. The first-order valence-corrected chi connectivity index (χ1v) is 14.2. The highest BCUT2D eigenvalue weighted by Crippen LogP contribution is 2.33. The van der Waals surface area contributed by atoms with Crippen LogP contribution in [0.15, 0.2) is 60.7 Å². The predicted octanol–water partition coefficient (Wildman–Crippen LogP) is 4.36. The molecule has 2 aliphatic rings. The lowest BCUT2D eigenvalue weighted by atomic mass is 9.87. The van der Waals surface area contributed by atoms with E-state index in [-0.39, 0.29) is 17.9 Å². The SMILES string of the molecule is COc1cccc(COc2ccc3c(c2)C(NC(=O)c2ccc4c(N5CCN(C)CC5)nc(N)nc4c2)CCC3)c1. The van der Waals surface area contributed by atoms with Crippen molar-refractivity contribution in [1.82, 2.24) is 20.2 Å². The summed E-state index contributed by atoms with van der Waals surface area (Å²) in [4.78, 5) is 27.0. The number of amides is 1. The Labute approximate surface area is 240 Å². The van der Waals surface area contributed by atoms with Crippen molar-refractivity contribution in [3.05, 3.63) is 82.9 Å². The second kappa shape index (κ2) is 11.6. The number of hydrogen-bond acceptors (Lipinski definition) is 8. The third-order valence-corrected chi connectivity index (χ3v) is 8.04. The van der Waals surface area contributed by atoms with E-state index in [1.165, 1.54) is 5.56 Å². The normalized spacial score (nSPS) is 17.2. The molecule has 9 nitrogen and oxygen atoms in total. The number of anilines is 2. The molecule has 9 heteroatoms. The van der Waals surface area contributed by atoms with Crippen LogP contribution >= 0.6 is 0 Å². The highest BCUT2D eigenvalue weighted by Gasteiger charge is 2.24. The van der Waals surface area contributed by atoms with Crippen LogP contribution in [0.2, 0.25) is 0 Å². The van der Waals surface area contributed by atoms with Gasteiger partial charge < -0.3 is 30.3 Å². The third kappa shape index (κ3) is 5.90. The smallest absolute Gasteiger partial charge is 0.251 e. The molecule has 4 aromatic rings. The van der Waals surface area contributed by atoms with Crippen LogP contribution in [-0.4, -0.2) is 61.1 Å². The molecule has 1 aromatic heterocycles. The van der Waals surface area contributed by atoms with E-state index in [4.69, 9.17) is 15.2 Å². The van der Waals surface area contributed by atoms with Crippen molar-refractivity contribution in [1.29, 1.82) is 0 Å². The molecule has 1 amide bonds. The zero-order chi connectivity index (χ0) is 28.3. The Morgan fingerprint density at radius 1 is 1.02 bits per heavy atom. The number of fused-ring (bicyclic) bond motifs is 2. The number of aryl methyl sites for hydroxylation is 1. The van der Waals surface area contributed by atoms with Crippen LogP contribution in [0.3, 0.4) is 0 Å². The number of ether oxygens (including phenoxy) is 2.